The number of nitrogens with zero attached hydrogens (tertiary/aromatic N) is 4. The maximum absolute atomic E-state index is 5.76. The zero-order valence-corrected chi connectivity index (χ0v) is 17.4. The van der Waals surface area contributed by atoms with E-state index < -0.39 is 0 Å². The molecule has 0 aliphatic heterocycles. The van der Waals surface area contributed by atoms with Crippen LogP contribution in [0.4, 0.5) is 11.5 Å². The number of aromatic nitrogens is 5. The number of anilines is 2. The van der Waals surface area contributed by atoms with E-state index in [0.29, 0.717) is 12.4 Å². The molecule has 0 radical (unpaired) electrons. The molecule has 0 bridgehead atoms. The Labute approximate surface area is 179 Å². The molecule has 5 aromatic rings. The summed E-state index contributed by atoms with van der Waals surface area (Å²) >= 11 is 2.31. The van der Waals surface area contributed by atoms with Crippen molar-refractivity contribution in [1.29, 1.82) is 0 Å². The zero-order chi connectivity index (χ0) is 19.8. The largest absolute Gasteiger partial charge is 0.339 e. The molecule has 3 heterocycles. The molecule has 29 heavy (non-hydrogen) atoms. The van der Waals surface area contributed by atoms with Gasteiger partial charge in [-0.1, -0.05) is 18.2 Å². The van der Waals surface area contributed by atoms with Crippen LogP contribution in [-0.4, -0.2) is 25.1 Å². The molecule has 0 aliphatic rings. The van der Waals surface area contributed by atoms with E-state index in [1.54, 1.807) is 12.5 Å². The number of benzene rings is 2. The second-order valence-corrected chi connectivity index (χ2v) is 7.73. The van der Waals surface area contributed by atoms with Crippen LogP contribution in [0.3, 0.4) is 0 Å². The lowest BCUT2D eigenvalue weighted by Gasteiger charge is -2.14. The van der Waals surface area contributed by atoms with E-state index in [2.05, 4.69) is 60.2 Å². The van der Waals surface area contributed by atoms with E-state index in [0.717, 1.165) is 47.9 Å². The molecule has 8 heteroatoms. The van der Waals surface area contributed by atoms with Crippen molar-refractivity contribution in [2.75, 3.05) is 5.32 Å². The normalized spacial score (nSPS) is 11.2. The van der Waals surface area contributed by atoms with Crippen molar-refractivity contribution in [1.82, 2.24) is 25.1 Å². The standard InChI is InChI=1S/C21H16IN7/c22-17-8-12(9-23)4-5-18(17)27-21-14-6-7-24-10-16(14)13-2-1-3-15(19(13)28-21)20-25-11-26-29-20/h1-8,10-11H,9,23H2,(H,27,28)(H,25,26,29). The minimum absolute atomic E-state index is 0.514. The number of fused-ring (bicyclic) bond motifs is 3. The summed E-state index contributed by atoms with van der Waals surface area (Å²) in [7, 11) is 0. The number of hydrogen-bond acceptors (Lipinski definition) is 6. The number of pyridine rings is 2. The summed E-state index contributed by atoms with van der Waals surface area (Å²) in [4.78, 5) is 12.4. The molecular formula is C21H16IN7. The zero-order valence-electron chi connectivity index (χ0n) is 15.2. The second-order valence-electron chi connectivity index (χ2n) is 6.56. The molecule has 0 spiro atoms. The Balaban J connectivity index is 1.75. The van der Waals surface area contributed by atoms with Crippen molar-refractivity contribution in [3.8, 4) is 11.4 Å². The van der Waals surface area contributed by atoms with Gasteiger partial charge in [0.05, 0.1) is 11.2 Å². The average molecular weight is 493 g/mol. The Morgan fingerprint density at radius 3 is 2.79 bits per heavy atom. The lowest BCUT2D eigenvalue weighted by molar-refractivity contribution is 1.07. The van der Waals surface area contributed by atoms with E-state index in [1.165, 1.54) is 0 Å². The minimum Gasteiger partial charge on any atom is -0.339 e. The van der Waals surface area contributed by atoms with Gasteiger partial charge in [-0.15, -0.1) is 10.2 Å². The van der Waals surface area contributed by atoms with Gasteiger partial charge in [0, 0.05) is 44.2 Å². The summed E-state index contributed by atoms with van der Waals surface area (Å²) in [6, 6.07) is 14.1. The van der Waals surface area contributed by atoms with Crippen LogP contribution in [0.1, 0.15) is 5.56 Å². The van der Waals surface area contributed by atoms with Gasteiger partial charge in [-0.25, -0.2) is 4.98 Å². The van der Waals surface area contributed by atoms with Gasteiger partial charge in [0.15, 0.2) is 5.82 Å². The summed E-state index contributed by atoms with van der Waals surface area (Å²) in [5, 5.41) is 14.6. The SMILES string of the molecule is NCc1ccc(Nc2nc3c(-c4nnc[nH]4)cccc3c3cnccc23)c(I)c1. The summed E-state index contributed by atoms with van der Waals surface area (Å²) in [6.45, 7) is 0.514. The highest BCUT2D eigenvalue weighted by atomic mass is 127. The minimum atomic E-state index is 0.514. The molecule has 0 aliphatic carbocycles. The fourth-order valence-electron chi connectivity index (χ4n) is 3.41. The van der Waals surface area contributed by atoms with Gasteiger partial charge in [0.25, 0.3) is 0 Å². The summed E-state index contributed by atoms with van der Waals surface area (Å²) in [5.74, 6) is 1.44. The van der Waals surface area contributed by atoms with E-state index >= 15 is 0 Å². The molecule has 0 unspecified atom stereocenters. The average Bonchev–Trinajstić information content (AvgIpc) is 3.29. The van der Waals surface area contributed by atoms with Crippen molar-refractivity contribution in [3.05, 3.63) is 70.3 Å². The molecule has 0 saturated heterocycles. The lowest BCUT2D eigenvalue weighted by atomic mass is 10.0. The molecule has 3 aromatic heterocycles. The monoisotopic (exact) mass is 493 g/mol. The molecular weight excluding hydrogens is 477 g/mol. The first-order valence-corrected chi connectivity index (χ1v) is 10.1. The van der Waals surface area contributed by atoms with Crippen LogP contribution in [0.15, 0.2) is 61.2 Å². The molecule has 0 fully saturated rings. The van der Waals surface area contributed by atoms with Crippen molar-refractivity contribution >= 4 is 55.8 Å². The van der Waals surface area contributed by atoms with Crippen LogP contribution in [-0.2, 0) is 6.54 Å². The number of halogens is 1. The van der Waals surface area contributed by atoms with Gasteiger partial charge in [0.1, 0.15) is 12.1 Å². The van der Waals surface area contributed by atoms with Crippen LogP contribution in [0, 0.1) is 3.57 Å². The lowest BCUT2D eigenvalue weighted by Crippen LogP contribution is -2.01. The predicted molar refractivity (Wildman–Crippen MR) is 123 cm³/mol. The maximum atomic E-state index is 5.76. The molecule has 2 aromatic carbocycles. The summed E-state index contributed by atoms with van der Waals surface area (Å²) < 4.78 is 1.08. The second kappa shape index (κ2) is 7.37. The first-order valence-electron chi connectivity index (χ1n) is 9.03. The predicted octanol–water partition coefficient (Wildman–Crippen LogP) is 4.38. The van der Waals surface area contributed by atoms with Crippen LogP contribution in [0.2, 0.25) is 0 Å². The molecule has 4 N–H and O–H groups in total. The van der Waals surface area contributed by atoms with Gasteiger partial charge >= 0.3 is 0 Å². The Kier molecular flexibility index (Phi) is 4.57. The van der Waals surface area contributed by atoms with Crippen molar-refractivity contribution in [2.45, 2.75) is 6.54 Å². The topological polar surface area (TPSA) is 105 Å². The number of para-hydroxylation sites is 1. The smallest absolute Gasteiger partial charge is 0.163 e. The number of hydrogen-bond donors (Lipinski definition) is 3. The van der Waals surface area contributed by atoms with Crippen molar-refractivity contribution < 1.29 is 0 Å². The summed E-state index contributed by atoms with van der Waals surface area (Å²) in [5.41, 5.74) is 9.56. The van der Waals surface area contributed by atoms with Crippen LogP contribution in [0.25, 0.3) is 33.1 Å². The van der Waals surface area contributed by atoms with Crippen molar-refractivity contribution in [3.63, 3.8) is 0 Å². The van der Waals surface area contributed by atoms with Gasteiger partial charge in [-0.05, 0) is 52.4 Å². The quantitative estimate of drug-likeness (QED) is 0.254. The third-order valence-electron chi connectivity index (χ3n) is 4.82. The number of H-pyrrole nitrogens is 1. The highest BCUT2D eigenvalue weighted by Crippen LogP contribution is 2.35. The molecule has 5 rings (SSSR count). The number of rotatable bonds is 4. The molecule has 7 nitrogen and oxygen atoms in total. The first kappa shape index (κ1) is 18.0. The Bertz CT molecular complexity index is 1330. The Hall–Kier alpha value is -3.11. The fraction of sp³-hybridized carbons (Fsp3) is 0.0476. The number of aromatic amines is 1. The molecule has 0 atom stereocenters. The molecule has 142 valence electrons. The highest BCUT2D eigenvalue weighted by molar-refractivity contribution is 14.1. The van der Waals surface area contributed by atoms with Gasteiger partial charge < -0.3 is 16.0 Å². The Morgan fingerprint density at radius 1 is 1.07 bits per heavy atom. The van der Waals surface area contributed by atoms with E-state index in [1.807, 2.05) is 36.5 Å². The molecule has 0 saturated carbocycles. The summed E-state index contributed by atoms with van der Waals surface area (Å²) in [6.07, 6.45) is 5.22. The first-order chi connectivity index (χ1) is 14.2. The third kappa shape index (κ3) is 3.19. The van der Waals surface area contributed by atoms with Gasteiger partial charge in [-0.2, -0.15) is 0 Å². The van der Waals surface area contributed by atoms with Crippen LogP contribution >= 0.6 is 22.6 Å². The highest BCUT2D eigenvalue weighted by Gasteiger charge is 2.14. The van der Waals surface area contributed by atoms with Gasteiger partial charge in [0.2, 0.25) is 0 Å². The van der Waals surface area contributed by atoms with Crippen molar-refractivity contribution in [2.24, 2.45) is 5.73 Å². The fourth-order valence-corrected chi connectivity index (χ4v) is 4.12. The number of nitrogens with two attached hydrogens (primary N) is 1. The maximum Gasteiger partial charge on any atom is 0.163 e. The van der Waals surface area contributed by atoms with Crippen LogP contribution < -0.4 is 11.1 Å². The van der Waals surface area contributed by atoms with Gasteiger partial charge in [-0.3, -0.25) is 4.98 Å². The van der Waals surface area contributed by atoms with E-state index in [9.17, 15) is 0 Å². The number of nitrogens with one attached hydrogen (secondary N) is 2. The Morgan fingerprint density at radius 2 is 2.00 bits per heavy atom. The third-order valence-corrected chi connectivity index (χ3v) is 5.71. The van der Waals surface area contributed by atoms with Crippen LogP contribution in [0.5, 0.6) is 0 Å². The van der Waals surface area contributed by atoms with E-state index in [-0.39, 0.29) is 0 Å². The van der Waals surface area contributed by atoms with E-state index in [4.69, 9.17) is 10.7 Å². The molecule has 0 amide bonds.